The number of nitrogens with two attached hydrogens (primary N) is 1. The van der Waals surface area contributed by atoms with Crippen LogP contribution < -0.4 is 10.6 Å². The van der Waals surface area contributed by atoms with Crippen LogP contribution in [0.1, 0.15) is 12.0 Å². The fourth-order valence-corrected chi connectivity index (χ4v) is 1.45. The third-order valence-electron chi connectivity index (χ3n) is 2.51. The van der Waals surface area contributed by atoms with Gasteiger partial charge in [-0.05, 0) is 18.2 Å². The van der Waals surface area contributed by atoms with Crippen molar-refractivity contribution < 1.29 is 26.3 Å². The first-order chi connectivity index (χ1) is 8.50. The molecular weight excluding hydrogens is 274 g/mol. The second-order valence-electron chi connectivity index (χ2n) is 4.06. The molecule has 0 spiro atoms. The van der Waals surface area contributed by atoms with Gasteiger partial charge in [0.1, 0.15) is 0 Å². The first kappa shape index (κ1) is 15.5. The number of hydrogen-bond acceptors (Lipinski definition) is 2. The number of rotatable bonds is 3. The highest BCUT2D eigenvalue weighted by Gasteiger charge is 2.33. The Labute approximate surface area is 105 Å². The molecule has 1 rings (SSSR count). The molecule has 2 nitrogen and oxygen atoms in total. The van der Waals surface area contributed by atoms with Crippen molar-refractivity contribution >= 4 is 11.4 Å². The Morgan fingerprint density at radius 2 is 1.68 bits per heavy atom. The van der Waals surface area contributed by atoms with Crippen LogP contribution in [-0.2, 0) is 6.18 Å². The van der Waals surface area contributed by atoms with Crippen molar-refractivity contribution in [1.29, 1.82) is 0 Å². The molecule has 0 aromatic heterocycles. The standard InChI is InChI=1S/C11H12F6N2/c1-19(5-4-10(12,13)14)7-2-3-9(18)8(6-7)11(15,16)17/h2-3,6H,4-5,18H2,1H3. The van der Waals surface area contributed by atoms with E-state index in [0.717, 1.165) is 17.0 Å². The van der Waals surface area contributed by atoms with E-state index in [4.69, 9.17) is 5.73 Å². The Bertz CT molecular complexity index is 438. The molecule has 1 aromatic carbocycles. The summed E-state index contributed by atoms with van der Waals surface area (Å²) in [6, 6.07) is 3.02. The molecule has 0 radical (unpaired) electrons. The van der Waals surface area contributed by atoms with Crippen LogP contribution in [0.2, 0.25) is 0 Å². The first-order valence-corrected chi connectivity index (χ1v) is 5.25. The Kier molecular flexibility index (Phi) is 4.21. The summed E-state index contributed by atoms with van der Waals surface area (Å²) >= 11 is 0. The highest BCUT2D eigenvalue weighted by Crippen LogP contribution is 2.36. The number of benzene rings is 1. The fraction of sp³-hybridized carbons (Fsp3) is 0.455. The minimum absolute atomic E-state index is 0.0331. The van der Waals surface area contributed by atoms with Crippen LogP contribution in [0.3, 0.4) is 0 Å². The first-order valence-electron chi connectivity index (χ1n) is 5.25. The van der Waals surface area contributed by atoms with E-state index in [2.05, 4.69) is 0 Å². The van der Waals surface area contributed by atoms with Gasteiger partial charge >= 0.3 is 12.4 Å². The molecule has 0 fully saturated rings. The van der Waals surface area contributed by atoms with E-state index < -0.39 is 36.6 Å². The second-order valence-corrected chi connectivity index (χ2v) is 4.06. The summed E-state index contributed by atoms with van der Waals surface area (Å²) in [5.41, 5.74) is 3.72. The minimum atomic E-state index is -4.63. The molecule has 0 unspecified atom stereocenters. The maximum absolute atomic E-state index is 12.6. The number of halogens is 6. The van der Waals surface area contributed by atoms with Gasteiger partial charge in [-0.25, -0.2) is 0 Å². The summed E-state index contributed by atoms with van der Waals surface area (Å²) in [4.78, 5) is 1.10. The van der Waals surface area contributed by atoms with E-state index in [1.807, 2.05) is 0 Å². The van der Waals surface area contributed by atoms with Gasteiger partial charge in [0.05, 0.1) is 12.0 Å². The SMILES string of the molecule is CN(CCC(F)(F)F)c1ccc(N)c(C(F)(F)F)c1. The highest BCUT2D eigenvalue weighted by molar-refractivity contribution is 5.59. The molecule has 0 heterocycles. The van der Waals surface area contributed by atoms with Crippen LogP contribution >= 0.6 is 0 Å². The van der Waals surface area contributed by atoms with E-state index in [1.165, 1.54) is 13.1 Å². The van der Waals surface area contributed by atoms with Gasteiger partial charge in [-0.3, -0.25) is 0 Å². The molecule has 0 aliphatic rings. The van der Waals surface area contributed by atoms with Crippen molar-refractivity contribution in [2.75, 3.05) is 24.2 Å². The molecule has 0 saturated heterocycles. The zero-order valence-corrected chi connectivity index (χ0v) is 9.94. The van der Waals surface area contributed by atoms with E-state index in [0.29, 0.717) is 0 Å². The zero-order chi connectivity index (χ0) is 14.8. The normalized spacial score (nSPS) is 12.6. The average Bonchev–Trinajstić information content (AvgIpc) is 2.24. The second kappa shape index (κ2) is 5.18. The highest BCUT2D eigenvalue weighted by atomic mass is 19.4. The molecule has 0 aliphatic heterocycles. The summed E-state index contributed by atoms with van der Waals surface area (Å²) in [5, 5.41) is 0. The minimum Gasteiger partial charge on any atom is -0.398 e. The average molecular weight is 286 g/mol. The molecule has 108 valence electrons. The van der Waals surface area contributed by atoms with Crippen molar-refractivity contribution in [3.8, 4) is 0 Å². The summed E-state index contributed by atoms with van der Waals surface area (Å²) in [6.07, 6.45) is -10.1. The Morgan fingerprint density at radius 1 is 1.11 bits per heavy atom. The molecule has 0 atom stereocenters. The molecule has 19 heavy (non-hydrogen) atoms. The molecule has 0 amide bonds. The van der Waals surface area contributed by atoms with Gasteiger partial charge in [0, 0.05) is 25.0 Å². The quantitative estimate of drug-likeness (QED) is 0.678. The molecular formula is C11H12F6N2. The van der Waals surface area contributed by atoms with Crippen LogP contribution in [-0.4, -0.2) is 19.8 Å². The predicted octanol–water partition coefficient (Wildman–Crippen LogP) is 3.68. The summed E-state index contributed by atoms with van der Waals surface area (Å²) in [7, 11) is 1.29. The Hall–Kier alpha value is -1.60. The lowest BCUT2D eigenvalue weighted by Gasteiger charge is -2.22. The van der Waals surface area contributed by atoms with Crippen LogP contribution in [0.4, 0.5) is 37.7 Å². The van der Waals surface area contributed by atoms with Gasteiger partial charge in [0.15, 0.2) is 0 Å². The molecule has 0 aliphatic carbocycles. The molecule has 2 N–H and O–H groups in total. The molecule has 1 aromatic rings. The van der Waals surface area contributed by atoms with E-state index in [1.54, 1.807) is 0 Å². The van der Waals surface area contributed by atoms with E-state index in [9.17, 15) is 26.3 Å². The zero-order valence-electron chi connectivity index (χ0n) is 9.94. The van der Waals surface area contributed by atoms with Crippen molar-refractivity contribution in [2.45, 2.75) is 18.8 Å². The summed E-state index contributed by atoms with van der Waals surface area (Å²) in [5.74, 6) is 0. The van der Waals surface area contributed by atoms with Crippen LogP contribution in [0.15, 0.2) is 18.2 Å². The van der Waals surface area contributed by atoms with Crippen LogP contribution in [0.5, 0.6) is 0 Å². The van der Waals surface area contributed by atoms with Gasteiger partial charge in [-0.1, -0.05) is 0 Å². The lowest BCUT2D eigenvalue weighted by molar-refractivity contribution is -0.137. The van der Waals surface area contributed by atoms with Gasteiger partial charge in [0.25, 0.3) is 0 Å². The van der Waals surface area contributed by atoms with Gasteiger partial charge in [-0.15, -0.1) is 0 Å². The lowest BCUT2D eigenvalue weighted by atomic mass is 10.1. The summed E-state index contributed by atoms with van der Waals surface area (Å²) < 4.78 is 73.9. The maximum atomic E-state index is 12.6. The van der Waals surface area contributed by atoms with Crippen molar-refractivity contribution in [2.24, 2.45) is 0 Å². The van der Waals surface area contributed by atoms with Crippen LogP contribution in [0.25, 0.3) is 0 Å². The smallest absolute Gasteiger partial charge is 0.398 e. The number of alkyl halides is 6. The van der Waals surface area contributed by atoms with Crippen molar-refractivity contribution in [1.82, 2.24) is 0 Å². The van der Waals surface area contributed by atoms with Gasteiger partial charge in [0.2, 0.25) is 0 Å². The largest absolute Gasteiger partial charge is 0.418 e. The van der Waals surface area contributed by atoms with Crippen molar-refractivity contribution in [3.63, 3.8) is 0 Å². The van der Waals surface area contributed by atoms with Crippen molar-refractivity contribution in [3.05, 3.63) is 23.8 Å². The monoisotopic (exact) mass is 286 g/mol. The van der Waals surface area contributed by atoms with E-state index in [-0.39, 0.29) is 5.69 Å². The lowest BCUT2D eigenvalue weighted by Crippen LogP contribution is -2.24. The Morgan fingerprint density at radius 3 is 2.16 bits per heavy atom. The topological polar surface area (TPSA) is 29.3 Å². The van der Waals surface area contributed by atoms with Gasteiger partial charge in [-0.2, -0.15) is 26.3 Å². The number of nitrogens with zero attached hydrogens (tertiary/aromatic N) is 1. The Balaban J connectivity index is 2.90. The molecule has 0 bridgehead atoms. The third-order valence-corrected chi connectivity index (χ3v) is 2.51. The third kappa shape index (κ3) is 4.53. The number of nitrogen functional groups attached to an aromatic ring is 1. The molecule has 0 saturated carbocycles. The maximum Gasteiger partial charge on any atom is 0.418 e. The summed E-state index contributed by atoms with van der Waals surface area (Å²) in [6.45, 7) is -0.426. The molecule has 8 heteroatoms. The van der Waals surface area contributed by atoms with E-state index >= 15 is 0 Å². The fourth-order valence-electron chi connectivity index (χ4n) is 1.45. The van der Waals surface area contributed by atoms with Crippen LogP contribution in [0, 0.1) is 0 Å². The number of hydrogen-bond donors (Lipinski definition) is 1. The van der Waals surface area contributed by atoms with Gasteiger partial charge < -0.3 is 10.6 Å². The number of anilines is 2. The predicted molar refractivity (Wildman–Crippen MR) is 59.8 cm³/mol.